The van der Waals surface area contributed by atoms with Crippen molar-refractivity contribution in [3.05, 3.63) is 90.0 Å². The number of carbonyl (C=O) groups excluding carboxylic acids is 1. The highest BCUT2D eigenvalue weighted by Crippen LogP contribution is 2.20. The molecule has 0 aliphatic heterocycles. The molecule has 1 atom stereocenters. The normalized spacial score (nSPS) is 11.5. The summed E-state index contributed by atoms with van der Waals surface area (Å²) in [6, 6.07) is 25.1. The van der Waals surface area contributed by atoms with E-state index in [4.69, 9.17) is 9.47 Å². The number of ether oxygens (including phenoxy) is 2. The van der Waals surface area contributed by atoms with Gasteiger partial charge in [0.05, 0.1) is 19.8 Å². The van der Waals surface area contributed by atoms with Crippen molar-refractivity contribution < 1.29 is 14.3 Å². The van der Waals surface area contributed by atoms with E-state index in [0.29, 0.717) is 12.2 Å². The number of thioether (sulfide) groups is 1. The minimum Gasteiger partial charge on any atom is -0.497 e. The summed E-state index contributed by atoms with van der Waals surface area (Å²) in [5.41, 5.74) is 1.63. The highest BCUT2D eigenvalue weighted by molar-refractivity contribution is 7.99. The van der Waals surface area contributed by atoms with Gasteiger partial charge in [0.1, 0.15) is 11.5 Å². The van der Waals surface area contributed by atoms with Crippen LogP contribution >= 0.6 is 11.8 Å². The predicted octanol–water partition coefficient (Wildman–Crippen LogP) is 5.36. The summed E-state index contributed by atoms with van der Waals surface area (Å²) in [7, 11) is 1.63. The molecule has 0 fully saturated rings. The Labute approximate surface area is 176 Å². The maximum absolute atomic E-state index is 12.5. The summed E-state index contributed by atoms with van der Waals surface area (Å²) in [6.45, 7) is 2.57. The van der Waals surface area contributed by atoms with Gasteiger partial charge < -0.3 is 14.8 Å². The van der Waals surface area contributed by atoms with Gasteiger partial charge in [-0.25, -0.2) is 0 Å². The Balaban J connectivity index is 1.46. The molecule has 29 heavy (non-hydrogen) atoms. The Morgan fingerprint density at radius 2 is 1.59 bits per heavy atom. The molecule has 0 bridgehead atoms. The molecule has 5 heteroatoms. The molecule has 0 heterocycles. The van der Waals surface area contributed by atoms with Crippen LogP contribution in [-0.2, 0) is 0 Å². The second kappa shape index (κ2) is 10.6. The zero-order chi connectivity index (χ0) is 20.5. The first-order valence-electron chi connectivity index (χ1n) is 9.51. The van der Waals surface area contributed by atoms with Crippen molar-refractivity contribution in [3.8, 4) is 11.5 Å². The molecule has 1 unspecified atom stereocenters. The topological polar surface area (TPSA) is 47.6 Å². The molecule has 0 saturated carbocycles. The first-order chi connectivity index (χ1) is 14.2. The highest BCUT2D eigenvalue weighted by Gasteiger charge is 2.11. The Kier molecular flexibility index (Phi) is 7.59. The summed E-state index contributed by atoms with van der Waals surface area (Å²) in [6.07, 6.45) is 0. The highest BCUT2D eigenvalue weighted by atomic mass is 32.2. The van der Waals surface area contributed by atoms with Crippen molar-refractivity contribution in [1.82, 2.24) is 5.32 Å². The Morgan fingerprint density at radius 1 is 0.931 bits per heavy atom. The lowest BCUT2D eigenvalue weighted by Gasteiger charge is -2.15. The van der Waals surface area contributed by atoms with Crippen LogP contribution in [0.2, 0.25) is 0 Å². The van der Waals surface area contributed by atoms with Crippen LogP contribution in [0.15, 0.2) is 83.8 Å². The Morgan fingerprint density at radius 3 is 2.24 bits per heavy atom. The molecule has 4 nitrogen and oxygen atoms in total. The average Bonchev–Trinajstić information content (AvgIpc) is 2.78. The van der Waals surface area contributed by atoms with Gasteiger partial charge in [0, 0.05) is 16.2 Å². The number of hydrogen-bond donors (Lipinski definition) is 1. The molecular formula is C24H25NO3S. The van der Waals surface area contributed by atoms with E-state index >= 15 is 0 Å². The molecule has 3 aromatic carbocycles. The lowest BCUT2D eigenvalue weighted by atomic mass is 10.1. The number of nitrogens with one attached hydrogen (secondary N) is 1. The van der Waals surface area contributed by atoms with Crippen molar-refractivity contribution in [2.45, 2.75) is 17.9 Å². The Hall–Kier alpha value is -2.92. The molecule has 3 aromatic rings. The summed E-state index contributed by atoms with van der Waals surface area (Å²) >= 11 is 1.76. The lowest BCUT2D eigenvalue weighted by molar-refractivity contribution is 0.0940. The number of rotatable bonds is 9. The van der Waals surface area contributed by atoms with Crippen molar-refractivity contribution in [3.63, 3.8) is 0 Å². The largest absolute Gasteiger partial charge is 0.497 e. The quantitative estimate of drug-likeness (QED) is 0.383. The maximum atomic E-state index is 12.5. The number of amides is 1. The van der Waals surface area contributed by atoms with Gasteiger partial charge >= 0.3 is 0 Å². The van der Waals surface area contributed by atoms with Crippen molar-refractivity contribution >= 4 is 17.7 Å². The van der Waals surface area contributed by atoms with Gasteiger partial charge in [0.2, 0.25) is 0 Å². The van der Waals surface area contributed by atoms with Gasteiger partial charge in [-0.2, -0.15) is 0 Å². The lowest BCUT2D eigenvalue weighted by Crippen LogP contribution is -2.26. The van der Waals surface area contributed by atoms with E-state index < -0.39 is 0 Å². The predicted molar refractivity (Wildman–Crippen MR) is 118 cm³/mol. The molecular weight excluding hydrogens is 382 g/mol. The molecule has 150 valence electrons. The summed E-state index contributed by atoms with van der Waals surface area (Å²) < 4.78 is 10.9. The third-order valence-electron chi connectivity index (χ3n) is 4.44. The van der Waals surface area contributed by atoms with Crippen molar-refractivity contribution in [2.75, 3.05) is 19.5 Å². The van der Waals surface area contributed by atoms with Gasteiger partial charge in [0.15, 0.2) is 0 Å². The van der Waals surface area contributed by atoms with Gasteiger partial charge in [-0.3, -0.25) is 4.79 Å². The van der Waals surface area contributed by atoms with E-state index in [2.05, 4.69) is 17.4 Å². The molecule has 0 aliphatic rings. The fourth-order valence-corrected chi connectivity index (χ4v) is 3.55. The molecule has 0 aromatic heterocycles. The standard InChI is InChI=1S/C24H25NO3S/c1-18(19-8-12-21(27-2)13-9-19)25-24(26)20-10-14-22(15-11-20)28-16-17-29-23-6-4-3-5-7-23/h3-15,18H,16-17H2,1-2H3,(H,25,26). The molecule has 3 rings (SSSR count). The molecule has 0 aliphatic carbocycles. The zero-order valence-electron chi connectivity index (χ0n) is 16.6. The van der Waals surface area contributed by atoms with Crippen LogP contribution in [0.5, 0.6) is 11.5 Å². The Bertz CT molecular complexity index is 896. The van der Waals surface area contributed by atoms with Crippen LogP contribution in [0.25, 0.3) is 0 Å². The minimum atomic E-state index is -0.112. The number of methoxy groups -OCH3 is 1. The van der Waals surface area contributed by atoms with E-state index in [1.54, 1.807) is 31.0 Å². The number of benzene rings is 3. The maximum Gasteiger partial charge on any atom is 0.251 e. The van der Waals surface area contributed by atoms with Crippen LogP contribution < -0.4 is 14.8 Å². The smallest absolute Gasteiger partial charge is 0.251 e. The van der Waals surface area contributed by atoms with Gasteiger partial charge in [-0.05, 0) is 61.0 Å². The fraction of sp³-hybridized carbons (Fsp3) is 0.208. The van der Waals surface area contributed by atoms with E-state index in [1.807, 2.05) is 61.5 Å². The summed E-state index contributed by atoms with van der Waals surface area (Å²) in [5.74, 6) is 2.31. The van der Waals surface area contributed by atoms with Crippen LogP contribution in [0.3, 0.4) is 0 Å². The monoisotopic (exact) mass is 407 g/mol. The third kappa shape index (κ3) is 6.29. The first kappa shape index (κ1) is 20.8. The molecule has 0 spiro atoms. The molecule has 1 amide bonds. The second-order valence-corrected chi connectivity index (χ2v) is 7.67. The third-order valence-corrected chi connectivity index (χ3v) is 5.42. The molecule has 0 radical (unpaired) electrons. The summed E-state index contributed by atoms with van der Waals surface area (Å²) in [5, 5.41) is 3.02. The van der Waals surface area contributed by atoms with Crippen LogP contribution in [0.4, 0.5) is 0 Å². The zero-order valence-corrected chi connectivity index (χ0v) is 17.4. The average molecular weight is 408 g/mol. The van der Waals surface area contributed by atoms with Crippen LogP contribution in [-0.4, -0.2) is 25.4 Å². The van der Waals surface area contributed by atoms with Crippen LogP contribution in [0, 0.1) is 0 Å². The number of hydrogen-bond acceptors (Lipinski definition) is 4. The molecule has 0 saturated heterocycles. The van der Waals surface area contributed by atoms with Gasteiger partial charge in [0.25, 0.3) is 5.91 Å². The fourth-order valence-electron chi connectivity index (χ4n) is 2.79. The van der Waals surface area contributed by atoms with E-state index in [9.17, 15) is 4.79 Å². The summed E-state index contributed by atoms with van der Waals surface area (Å²) in [4.78, 5) is 13.7. The molecule has 1 N–H and O–H groups in total. The van der Waals surface area contributed by atoms with E-state index in [-0.39, 0.29) is 11.9 Å². The minimum absolute atomic E-state index is 0.0978. The first-order valence-corrected chi connectivity index (χ1v) is 10.5. The van der Waals surface area contributed by atoms with Crippen molar-refractivity contribution in [2.24, 2.45) is 0 Å². The van der Waals surface area contributed by atoms with E-state index in [1.165, 1.54) is 4.90 Å². The van der Waals surface area contributed by atoms with Gasteiger partial charge in [-0.1, -0.05) is 30.3 Å². The van der Waals surface area contributed by atoms with Crippen LogP contribution in [0.1, 0.15) is 28.9 Å². The second-order valence-electron chi connectivity index (χ2n) is 6.50. The SMILES string of the molecule is COc1ccc(C(C)NC(=O)c2ccc(OCCSc3ccccc3)cc2)cc1. The van der Waals surface area contributed by atoms with E-state index in [0.717, 1.165) is 22.8 Å². The number of carbonyl (C=O) groups is 1. The van der Waals surface area contributed by atoms with Crippen molar-refractivity contribution in [1.29, 1.82) is 0 Å². The van der Waals surface area contributed by atoms with Gasteiger partial charge in [-0.15, -0.1) is 11.8 Å².